The van der Waals surface area contributed by atoms with Crippen molar-refractivity contribution in [1.82, 2.24) is 10.2 Å². The first-order valence-electron chi connectivity index (χ1n) is 7.17. The molecule has 0 spiro atoms. The summed E-state index contributed by atoms with van der Waals surface area (Å²) in [6.45, 7) is 0.695. The number of alkyl halides is 3. The van der Waals surface area contributed by atoms with E-state index in [0.29, 0.717) is 19.0 Å². The van der Waals surface area contributed by atoms with Gasteiger partial charge in [0.15, 0.2) is 0 Å². The minimum Gasteiger partial charge on any atom is -0.352 e. The molecular formula is C15H16F4N2O2. The van der Waals surface area contributed by atoms with E-state index in [9.17, 15) is 27.2 Å². The van der Waals surface area contributed by atoms with Crippen LogP contribution in [0.5, 0.6) is 0 Å². The van der Waals surface area contributed by atoms with E-state index >= 15 is 0 Å². The predicted octanol–water partition coefficient (Wildman–Crippen LogP) is 2.47. The molecule has 0 saturated carbocycles. The number of halogens is 4. The van der Waals surface area contributed by atoms with E-state index in [-0.39, 0.29) is 31.0 Å². The maximum atomic E-state index is 13.2. The number of nitrogens with zero attached hydrogens (tertiary/aromatic N) is 1. The standard InChI is InChI=1S/C15H16F4N2O2/c16-12-7-10(6-11(8-12)15(17,18)19)9-20-13(22)3-5-21-4-1-2-14(21)23/h6-8H,1-5,9H2,(H,20,22). The van der Waals surface area contributed by atoms with Crippen molar-refractivity contribution in [3.8, 4) is 0 Å². The summed E-state index contributed by atoms with van der Waals surface area (Å²) in [4.78, 5) is 24.6. The quantitative estimate of drug-likeness (QED) is 0.842. The molecule has 0 bridgehead atoms. The van der Waals surface area contributed by atoms with Crippen LogP contribution in [0.2, 0.25) is 0 Å². The Labute approximate surface area is 130 Å². The summed E-state index contributed by atoms with van der Waals surface area (Å²) in [5.41, 5.74) is -1.06. The molecule has 1 heterocycles. The largest absolute Gasteiger partial charge is 0.416 e. The Morgan fingerprint density at radius 3 is 2.61 bits per heavy atom. The van der Waals surface area contributed by atoms with E-state index in [1.54, 1.807) is 4.90 Å². The van der Waals surface area contributed by atoms with Crippen LogP contribution in [0.4, 0.5) is 17.6 Å². The molecule has 1 saturated heterocycles. The predicted molar refractivity (Wildman–Crippen MR) is 73.7 cm³/mol. The van der Waals surface area contributed by atoms with Crippen molar-refractivity contribution in [3.05, 3.63) is 35.1 Å². The van der Waals surface area contributed by atoms with Gasteiger partial charge in [-0.3, -0.25) is 9.59 Å². The molecule has 1 N–H and O–H groups in total. The summed E-state index contributed by atoms with van der Waals surface area (Å²) in [7, 11) is 0. The van der Waals surface area contributed by atoms with E-state index in [2.05, 4.69) is 5.32 Å². The molecule has 0 aromatic heterocycles. The minimum atomic E-state index is -4.64. The van der Waals surface area contributed by atoms with Crippen molar-refractivity contribution in [2.45, 2.75) is 32.0 Å². The highest BCUT2D eigenvalue weighted by atomic mass is 19.4. The number of carbonyl (C=O) groups is 2. The van der Waals surface area contributed by atoms with Crippen LogP contribution in [0.25, 0.3) is 0 Å². The molecule has 126 valence electrons. The topological polar surface area (TPSA) is 49.4 Å². The number of carbonyl (C=O) groups excluding carboxylic acids is 2. The third-order valence-electron chi connectivity index (χ3n) is 3.55. The van der Waals surface area contributed by atoms with E-state index in [1.807, 2.05) is 0 Å². The number of benzene rings is 1. The second-order valence-corrected chi connectivity index (χ2v) is 5.36. The van der Waals surface area contributed by atoms with E-state index < -0.39 is 23.5 Å². The molecule has 0 radical (unpaired) electrons. The van der Waals surface area contributed by atoms with Crippen molar-refractivity contribution in [2.24, 2.45) is 0 Å². The van der Waals surface area contributed by atoms with Crippen LogP contribution in [-0.4, -0.2) is 29.8 Å². The van der Waals surface area contributed by atoms with Gasteiger partial charge in [-0.15, -0.1) is 0 Å². The Morgan fingerprint density at radius 1 is 1.26 bits per heavy atom. The molecule has 8 heteroatoms. The molecular weight excluding hydrogens is 316 g/mol. The summed E-state index contributed by atoms with van der Waals surface area (Å²) in [5, 5.41) is 2.43. The van der Waals surface area contributed by atoms with Crippen molar-refractivity contribution in [2.75, 3.05) is 13.1 Å². The number of nitrogens with one attached hydrogen (secondary N) is 1. The Bertz CT molecular complexity index is 602. The molecule has 4 nitrogen and oxygen atoms in total. The fraction of sp³-hybridized carbons (Fsp3) is 0.467. The lowest BCUT2D eigenvalue weighted by Gasteiger charge is -2.15. The summed E-state index contributed by atoms with van der Waals surface area (Å²) < 4.78 is 51.0. The highest BCUT2D eigenvalue weighted by Gasteiger charge is 2.31. The summed E-state index contributed by atoms with van der Waals surface area (Å²) in [6, 6.07) is 2.15. The Balaban J connectivity index is 1.86. The molecule has 23 heavy (non-hydrogen) atoms. The van der Waals surface area contributed by atoms with Crippen LogP contribution in [0, 0.1) is 5.82 Å². The van der Waals surface area contributed by atoms with E-state index in [4.69, 9.17) is 0 Å². The van der Waals surface area contributed by atoms with Gasteiger partial charge in [0, 0.05) is 32.5 Å². The first-order chi connectivity index (χ1) is 10.8. The molecule has 1 aliphatic rings. The van der Waals surface area contributed by atoms with Crippen LogP contribution in [0.1, 0.15) is 30.4 Å². The van der Waals surface area contributed by atoms with Gasteiger partial charge in [-0.25, -0.2) is 4.39 Å². The van der Waals surface area contributed by atoms with Crippen LogP contribution >= 0.6 is 0 Å². The first-order valence-corrected chi connectivity index (χ1v) is 7.17. The average molecular weight is 332 g/mol. The number of hydrogen-bond acceptors (Lipinski definition) is 2. The normalized spacial score (nSPS) is 15.1. The van der Waals surface area contributed by atoms with Gasteiger partial charge < -0.3 is 10.2 Å². The lowest BCUT2D eigenvalue weighted by Crippen LogP contribution is -2.31. The molecule has 1 fully saturated rings. The molecule has 0 unspecified atom stereocenters. The SMILES string of the molecule is O=C(CCN1CCCC1=O)NCc1cc(F)cc(C(F)(F)F)c1. The Hall–Kier alpha value is -2.12. The second-order valence-electron chi connectivity index (χ2n) is 5.36. The molecule has 1 aromatic rings. The molecule has 2 amide bonds. The van der Waals surface area contributed by atoms with Crippen LogP contribution in [0.3, 0.4) is 0 Å². The molecule has 0 aliphatic carbocycles. The lowest BCUT2D eigenvalue weighted by atomic mass is 10.1. The van der Waals surface area contributed by atoms with Gasteiger partial charge in [0.05, 0.1) is 5.56 Å². The fourth-order valence-corrected chi connectivity index (χ4v) is 2.38. The molecule has 1 aliphatic heterocycles. The molecule has 2 rings (SSSR count). The zero-order valence-corrected chi connectivity index (χ0v) is 12.3. The van der Waals surface area contributed by atoms with Gasteiger partial charge in [0.2, 0.25) is 11.8 Å². The number of hydrogen-bond donors (Lipinski definition) is 1. The number of rotatable bonds is 5. The maximum Gasteiger partial charge on any atom is 0.416 e. The monoisotopic (exact) mass is 332 g/mol. The van der Waals surface area contributed by atoms with Crippen molar-refractivity contribution >= 4 is 11.8 Å². The number of amides is 2. The molecule has 1 aromatic carbocycles. The van der Waals surface area contributed by atoms with E-state index in [1.165, 1.54) is 0 Å². The zero-order chi connectivity index (χ0) is 17.0. The van der Waals surface area contributed by atoms with Gasteiger partial charge in [-0.1, -0.05) is 0 Å². The summed E-state index contributed by atoms with van der Waals surface area (Å²) in [6.07, 6.45) is -3.33. The third-order valence-corrected chi connectivity index (χ3v) is 3.55. The fourth-order valence-electron chi connectivity index (χ4n) is 2.38. The van der Waals surface area contributed by atoms with Gasteiger partial charge in [0.25, 0.3) is 0 Å². The minimum absolute atomic E-state index is 0.00208. The average Bonchev–Trinajstić information content (AvgIpc) is 2.87. The van der Waals surface area contributed by atoms with Crippen molar-refractivity contribution < 1.29 is 27.2 Å². The third kappa shape index (κ3) is 4.94. The van der Waals surface area contributed by atoms with Crippen molar-refractivity contribution in [1.29, 1.82) is 0 Å². The maximum absolute atomic E-state index is 13.2. The smallest absolute Gasteiger partial charge is 0.352 e. The van der Waals surface area contributed by atoms with Crippen LogP contribution in [-0.2, 0) is 22.3 Å². The van der Waals surface area contributed by atoms with Crippen LogP contribution < -0.4 is 5.32 Å². The second kappa shape index (κ2) is 6.97. The first kappa shape index (κ1) is 17.2. The van der Waals surface area contributed by atoms with Gasteiger partial charge in [-0.2, -0.15) is 13.2 Å². The van der Waals surface area contributed by atoms with Gasteiger partial charge in [0.1, 0.15) is 5.82 Å². The van der Waals surface area contributed by atoms with Crippen molar-refractivity contribution in [3.63, 3.8) is 0 Å². The van der Waals surface area contributed by atoms with E-state index in [0.717, 1.165) is 18.6 Å². The summed E-state index contributed by atoms with van der Waals surface area (Å²) in [5.74, 6) is -1.41. The summed E-state index contributed by atoms with van der Waals surface area (Å²) >= 11 is 0. The Morgan fingerprint density at radius 2 is 2.00 bits per heavy atom. The lowest BCUT2D eigenvalue weighted by molar-refractivity contribution is -0.137. The molecule has 0 atom stereocenters. The Kier molecular flexibility index (Phi) is 5.23. The highest BCUT2D eigenvalue weighted by molar-refractivity contribution is 5.80. The van der Waals surface area contributed by atoms with Crippen LogP contribution in [0.15, 0.2) is 18.2 Å². The highest BCUT2D eigenvalue weighted by Crippen LogP contribution is 2.30. The number of likely N-dealkylation sites (tertiary alicyclic amines) is 1. The van der Waals surface area contributed by atoms with Gasteiger partial charge >= 0.3 is 6.18 Å². The zero-order valence-electron chi connectivity index (χ0n) is 12.3. The van der Waals surface area contributed by atoms with Gasteiger partial charge in [-0.05, 0) is 30.2 Å².